The summed E-state index contributed by atoms with van der Waals surface area (Å²) in [5.74, 6) is 0. The molecule has 3 aromatic heterocycles. The first-order valence-electron chi connectivity index (χ1n) is 12.4. The van der Waals surface area contributed by atoms with Crippen molar-refractivity contribution >= 4 is 42.5 Å². The molecule has 34 heavy (non-hydrogen) atoms. The number of thiophene rings is 1. The summed E-state index contributed by atoms with van der Waals surface area (Å²) in [7, 11) is 0. The molecule has 2 aromatic carbocycles. The highest BCUT2D eigenvalue weighted by atomic mass is 32.1. The van der Waals surface area contributed by atoms with Crippen LogP contribution in [0.25, 0.3) is 42.5 Å². The van der Waals surface area contributed by atoms with Crippen LogP contribution in [0.4, 0.5) is 0 Å². The number of rotatable bonds is 2. The molecule has 0 aliphatic heterocycles. The van der Waals surface area contributed by atoms with Crippen LogP contribution in [0.5, 0.6) is 0 Å². The van der Waals surface area contributed by atoms with E-state index in [1.54, 1.807) is 11.3 Å². The third-order valence-corrected chi connectivity index (χ3v) is 7.54. The van der Waals surface area contributed by atoms with Crippen LogP contribution in [-0.2, 0) is 11.8 Å². The molecule has 5 rings (SSSR count). The number of hydrogen-bond acceptors (Lipinski definition) is 4. The molecule has 0 amide bonds. The maximum atomic E-state index is 8.43. The van der Waals surface area contributed by atoms with Gasteiger partial charge in [-0.3, -0.25) is 4.98 Å². The summed E-state index contributed by atoms with van der Waals surface area (Å²) in [5, 5.41) is 2.21. The van der Waals surface area contributed by atoms with Crippen LogP contribution in [0.1, 0.15) is 65.3 Å². The first-order valence-corrected chi connectivity index (χ1v) is 12.7. The molecule has 3 nitrogen and oxygen atoms in total. The average Bonchev–Trinajstić information content (AvgIpc) is 3.08. The fraction of sp³-hybridized carbons (Fsp3) is 0.367. The van der Waals surface area contributed by atoms with Crippen LogP contribution >= 0.6 is 11.3 Å². The van der Waals surface area contributed by atoms with Crippen molar-refractivity contribution in [1.82, 2.24) is 15.0 Å². The monoisotopic (exact) mass is 468 g/mol. The van der Waals surface area contributed by atoms with Crippen molar-refractivity contribution in [3.05, 3.63) is 65.1 Å². The van der Waals surface area contributed by atoms with Crippen LogP contribution in [0.2, 0.25) is 0 Å². The van der Waals surface area contributed by atoms with Gasteiger partial charge in [0, 0.05) is 26.7 Å². The topological polar surface area (TPSA) is 38.7 Å². The normalized spacial score (nSPS) is 13.2. The largest absolute Gasteiger partial charge is 0.253 e. The van der Waals surface area contributed by atoms with Crippen LogP contribution in [0.3, 0.4) is 0 Å². The molecule has 174 valence electrons. The van der Waals surface area contributed by atoms with Crippen molar-refractivity contribution in [2.75, 3.05) is 0 Å². The van der Waals surface area contributed by atoms with E-state index < -0.39 is 0 Å². The van der Waals surface area contributed by atoms with Gasteiger partial charge in [-0.2, -0.15) is 0 Å². The second-order valence-corrected chi connectivity index (χ2v) is 12.8. The standard InChI is InChI=1S/C30H33N3S/c1-17-11-22-24(14-21(17)15-29(3,4)5)34-28-26(31-16-32-27(22)28)20-12-19-10-9-18(2)33-25(19)23(13-20)30(6,7)8/h9-14,16H,15H2,1-8H3/i16D. The summed E-state index contributed by atoms with van der Waals surface area (Å²) in [6.45, 7) is 17.7. The molecule has 0 saturated carbocycles. The lowest BCUT2D eigenvalue weighted by Gasteiger charge is -2.22. The maximum absolute atomic E-state index is 8.43. The molecule has 0 radical (unpaired) electrons. The minimum absolute atomic E-state index is 0.0584. The van der Waals surface area contributed by atoms with E-state index in [2.05, 4.69) is 94.8 Å². The Bertz CT molecular complexity index is 1620. The number of aromatic nitrogens is 3. The zero-order valence-electron chi connectivity index (χ0n) is 22.4. The number of fused-ring (bicyclic) bond motifs is 4. The number of benzene rings is 2. The van der Waals surface area contributed by atoms with Crippen molar-refractivity contribution in [1.29, 1.82) is 0 Å². The van der Waals surface area contributed by atoms with Gasteiger partial charge in [0.2, 0.25) is 0 Å². The van der Waals surface area contributed by atoms with Crippen molar-refractivity contribution in [2.45, 2.75) is 67.2 Å². The lowest BCUT2D eigenvalue weighted by Crippen LogP contribution is -2.13. The van der Waals surface area contributed by atoms with Gasteiger partial charge < -0.3 is 0 Å². The fourth-order valence-electron chi connectivity index (χ4n) is 4.73. The Labute approximate surface area is 207 Å². The maximum Gasteiger partial charge on any atom is 0.116 e. The lowest BCUT2D eigenvalue weighted by molar-refractivity contribution is 0.410. The SMILES string of the molecule is [2H]c1nc(-c2cc(C(C)(C)C)c3nc(C)ccc3c2)c2sc3cc(CC(C)(C)C)c(C)cc3c2n1. The van der Waals surface area contributed by atoms with E-state index in [9.17, 15) is 0 Å². The van der Waals surface area contributed by atoms with Gasteiger partial charge in [-0.05, 0) is 78.1 Å². The molecule has 0 saturated heterocycles. The molecule has 0 spiro atoms. The first kappa shape index (κ1) is 21.7. The van der Waals surface area contributed by atoms with Crippen LogP contribution < -0.4 is 0 Å². The molecule has 0 aliphatic carbocycles. The first-order chi connectivity index (χ1) is 16.3. The molecule has 0 bridgehead atoms. The van der Waals surface area contributed by atoms with Crippen LogP contribution in [0, 0.1) is 19.3 Å². The summed E-state index contributed by atoms with van der Waals surface area (Å²) in [6.07, 6.45) is 1.08. The fourth-order valence-corrected chi connectivity index (χ4v) is 5.93. The van der Waals surface area contributed by atoms with Gasteiger partial charge in [-0.1, -0.05) is 47.6 Å². The number of aryl methyl sites for hydroxylation is 2. The summed E-state index contributed by atoms with van der Waals surface area (Å²) in [4.78, 5) is 14.1. The predicted molar refractivity (Wildman–Crippen MR) is 147 cm³/mol. The quantitative estimate of drug-likeness (QED) is 0.260. The van der Waals surface area contributed by atoms with E-state index in [4.69, 9.17) is 6.35 Å². The predicted octanol–water partition coefficient (Wildman–Crippen LogP) is 8.56. The zero-order chi connectivity index (χ0) is 25.3. The highest BCUT2D eigenvalue weighted by Gasteiger charge is 2.22. The molecule has 4 heteroatoms. The second kappa shape index (κ2) is 7.84. The molecular weight excluding hydrogens is 434 g/mol. The van der Waals surface area contributed by atoms with Gasteiger partial charge in [-0.15, -0.1) is 11.3 Å². The minimum Gasteiger partial charge on any atom is -0.253 e. The molecule has 0 unspecified atom stereocenters. The Balaban J connectivity index is 1.80. The van der Waals surface area contributed by atoms with E-state index in [-0.39, 0.29) is 17.1 Å². The molecule has 0 aliphatic rings. The van der Waals surface area contributed by atoms with Crippen molar-refractivity contribution in [3.63, 3.8) is 0 Å². The molecule has 0 atom stereocenters. The summed E-state index contributed by atoms with van der Waals surface area (Å²) < 4.78 is 10.7. The number of pyridine rings is 1. The molecule has 0 N–H and O–H groups in total. The summed E-state index contributed by atoms with van der Waals surface area (Å²) in [5.41, 5.74) is 8.77. The average molecular weight is 469 g/mol. The number of nitrogens with zero attached hydrogens (tertiary/aromatic N) is 3. The molecule has 5 aromatic rings. The van der Waals surface area contributed by atoms with Gasteiger partial charge in [0.1, 0.15) is 7.67 Å². The van der Waals surface area contributed by atoms with E-state index in [0.29, 0.717) is 0 Å². The molecule has 0 fully saturated rings. The Morgan fingerprint density at radius 2 is 1.68 bits per heavy atom. The zero-order valence-corrected chi connectivity index (χ0v) is 22.2. The Hall–Kier alpha value is -2.85. The Morgan fingerprint density at radius 3 is 2.38 bits per heavy atom. The second-order valence-electron chi connectivity index (χ2n) is 11.8. The van der Waals surface area contributed by atoms with Gasteiger partial charge in [0.25, 0.3) is 0 Å². The van der Waals surface area contributed by atoms with Crippen molar-refractivity contribution in [3.8, 4) is 11.3 Å². The van der Waals surface area contributed by atoms with E-state index in [1.165, 1.54) is 21.4 Å². The van der Waals surface area contributed by atoms with Gasteiger partial charge >= 0.3 is 0 Å². The lowest BCUT2D eigenvalue weighted by atomic mass is 9.84. The van der Waals surface area contributed by atoms with E-state index in [1.807, 2.05) is 6.92 Å². The Morgan fingerprint density at radius 1 is 0.912 bits per heavy atom. The summed E-state index contributed by atoms with van der Waals surface area (Å²) in [6, 6.07) is 13.2. The third-order valence-electron chi connectivity index (χ3n) is 6.39. The van der Waals surface area contributed by atoms with Crippen LogP contribution in [0.15, 0.2) is 42.7 Å². The summed E-state index contributed by atoms with van der Waals surface area (Å²) >= 11 is 1.74. The van der Waals surface area contributed by atoms with E-state index in [0.717, 1.165) is 49.9 Å². The van der Waals surface area contributed by atoms with Crippen molar-refractivity contribution in [2.24, 2.45) is 5.41 Å². The number of hydrogen-bond donors (Lipinski definition) is 0. The minimum atomic E-state index is -0.0792. The molecular formula is C30H33N3S. The third kappa shape index (κ3) is 4.09. The smallest absolute Gasteiger partial charge is 0.116 e. The Kier molecular flexibility index (Phi) is 5.00. The van der Waals surface area contributed by atoms with E-state index >= 15 is 0 Å². The van der Waals surface area contributed by atoms with Gasteiger partial charge in [0.05, 0.1) is 21.4 Å². The highest BCUT2D eigenvalue weighted by Crippen LogP contribution is 2.41. The molecule has 3 heterocycles. The van der Waals surface area contributed by atoms with Crippen molar-refractivity contribution < 1.29 is 1.37 Å². The van der Waals surface area contributed by atoms with Gasteiger partial charge in [-0.25, -0.2) is 9.97 Å². The highest BCUT2D eigenvalue weighted by molar-refractivity contribution is 7.26. The van der Waals surface area contributed by atoms with Gasteiger partial charge in [0.15, 0.2) is 0 Å². The van der Waals surface area contributed by atoms with Crippen LogP contribution in [-0.4, -0.2) is 15.0 Å².